The number of nitrogens with zero attached hydrogens (tertiary/aromatic N) is 3. The van der Waals surface area contributed by atoms with Crippen molar-refractivity contribution in [2.75, 3.05) is 13.2 Å². The topological polar surface area (TPSA) is 47.4 Å². The number of fused-ring (bicyclic) bond motifs is 2. The average Bonchev–Trinajstić information content (AvgIpc) is 3.16. The lowest BCUT2D eigenvalue weighted by molar-refractivity contribution is -0.0443. The molecule has 2 aromatic heterocycles. The van der Waals surface area contributed by atoms with Crippen molar-refractivity contribution in [3.8, 4) is 0 Å². The molecule has 1 saturated heterocycles. The molecule has 1 aliphatic carbocycles. The molecule has 21 heavy (non-hydrogen) atoms. The van der Waals surface area contributed by atoms with Crippen LogP contribution >= 0.6 is 11.3 Å². The minimum absolute atomic E-state index is 0.163. The molecule has 1 saturated carbocycles. The van der Waals surface area contributed by atoms with Crippen LogP contribution in [-0.2, 0) is 11.8 Å². The van der Waals surface area contributed by atoms with Crippen LogP contribution < -0.4 is 0 Å². The highest BCUT2D eigenvalue weighted by atomic mass is 32.1. The average molecular weight is 305 g/mol. The van der Waals surface area contributed by atoms with Gasteiger partial charge in [-0.15, -0.1) is 11.3 Å². The summed E-state index contributed by atoms with van der Waals surface area (Å²) in [4.78, 5) is 16.8. The molecule has 0 aromatic carbocycles. The number of thiophene rings is 1. The highest BCUT2D eigenvalue weighted by Gasteiger charge is 2.39. The van der Waals surface area contributed by atoms with E-state index in [0.717, 1.165) is 40.1 Å². The first-order valence-corrected chi connectivity index (χ1v) is 8.32. The molecular formula is C15H19N3O2S. The lowest BCUT2D eigenvalue weighted by atomic mass is 10.1. The molecule has 1 amide bonds. The van der Waals surface area contributed by atoms with Crippen molar-refractivity contribution >= 4 is 27.5 Å². The number of carbonyl (C=O) groups is 1. The van der Waals surface area contributed by atoms with Crippen LogP contribution in [0.5, 0.6) is 0 Å². The van der Waals surface area contributed by atoms with Gasteiger partial charge in [-0.05, 0) is 32.3 Å². The van der Waals surface area contributed by atoms with Gasteiger partial charge in [-0.25, -0.2) is 0 Å². The Bertz CT molecular complexity index is 671. The van der Waals surface area contributed by atoms with Crippen molar-refractivity contribution in [3.05, 3.63) is 16.6 Å². The lowest BCUT2D eigenvalue weighted by Crippen LogP contribution is -2.51. The van der Waals surface area contributed by atoms with Gasteiger partial charge in [0.25, 0.3) is 5.91 Å². The van der Waals surface area contributed by atoms with Gasteiger partial charge in [0.1, 0.15) is 4.83 Å². The number of hydrogen-bond donors (Lipinski definition) is 0. The van der Waals surface area contributed by atoms with Crippen LogP contribution in [0.2, 0.25) is 0 Å². The van der Waals surface area contributed by atoms with E-state index in [1.807, 2.05) is 29.6 Å². The molecule has 5 nitrogen and oxygen atoms in total. The fourth-order valence-electron chi connectivity index (χ4n) is 3.63. The molecule has 2 aliphatic rings. The fraction of sp³-hybridized carbons (Fsp3) is 0.600. The van der Waals surface area contributed by atoms with Gasteiger partial charge in [-0.3, -0.25) is 9.48 Å². The van der Waals surface area contributed by atoms with Gasteiger partial charge < -0.3 is 9.64 Å². The summed E-state index contributed by atoms with van der Waals surface area (Å²) in [5.41, 5.74) is 0.989. The molecule has 0 unspecified atom stereocenters. The molecule has 1 aliphatic heterocycles. The second-order valence-electron chi connectivity index (χ2n) is 5.94. The molecule has 3 heterocycles. The second-order valence-corrected chi connectivity index (χ2v) is 6.98. The van der Waals surface area contributed by atoms with Gasteiger partial charge in [-0.2, -0.15) is 5.10 Å². The number of carbonyl (C=O) groups excluding carboxylic acids is 1. The number of morpholine rings is 1. The van der Waals surface area contributed by atoms with Crippen LogP contribution in [0, 0.1) is 6.92 Å². The highest BCUT2D eigenvalue weighted by molar-refractivity contribution is 7.20. The van der Waals surface area contributed by atoms with Gasteiger partial charge in [0.15, 0.2) is 0 Å². The minimum Gasteiger partial charge on any atom is -0.374 e. The van der Waals surface area contributed by atoms with E-state index in [0.29, 0.717) is 13.2 Å². The SMILES string of the molecule is Cc1nn(C)c2sc(C(=O)N3CCO[C@H]4CCC[C@H]43)cc12. The maximum atomic E-state index is 12.9. The van der Waals surface area contributed by atoms with E-state index in [1.165, 1.54) is 0 Å². The molecule has 0 radical (unpaired) electrons. The maximum Gasteiger partial charge on any atom is 0.264 e. The van der Waals surface area contributed by atoms with Gasteiger partial charge in [0.2, 0.25) is 0 Å². The van der Waals surface area contributed by atoms with Crippen LogP contribution in [0.25, 0.3) is 10.2 Å². The summed E-state index contributed by atoms with van der Waals surface area (Å²) in [6, 6.07) is 2.28. The molecule has 0 spiro atoms. The Morgan fingerprint density at radius 2 is 2.33 bits per heavy atom. The van der Waals surface area contributed by atoms with E-state index >= 15 is 0 Å². The summed E-state index contributed by atoms with van der Waals surface area (Å²) in [6.45, 7) is 3.37. The highest BCUT2D eigenvalue weighted by Crippen LogP contribution is 2.33. The first kappa shape index (κ1) is 13.3. The van der Waals surface area contributed by atoms with Crippen LogP contribution in [0.15, 0.2) is 6.07 Å². The van der Waals surface area contributed by atoms with Crippen molar-refractivity contribution in [3.63, 3.8) is 0 Å². The predicted molar refractivity (Wildman–Crippen MR) is 81.7 cm³/mol. The summed E-state index contributed by atoms with van der Waals surface area (Å²) in [6.07, 6.45) is 3.57. The predicted octanol–water partition coefficient (Wildman–Crippen LogP) is 2.34. The van der Waals surface area contributed by atoms with Gasteiger partial charge in [0.05, 0.1) is 29.3 Å². The van der Waals surface area contributed by atoms with Crippen molar-refractivity contribution < 1.29 is 9.53 Å². The van der Waals surface area contributed by atoms with Gasteiger partial charge >= 0.3 is 0 Å². The third-order valence-corrected chi connectivity index (χ3v) is 5.84. The zero-order chi connectivity index (χ0) is 14.6. The van der Waals surface area contributed by atoms with E-state index in [4.69, 9.17) is 4.74 Å². The Morgan fingerprint density at radius 3 is 3.14 bits per heavy atom. The lowest BCUT2D eigenvalue weighted by Gasteiger charge is -2.37. The summed E-state index contributed by atoms with van der Waals surface area (Å²) in [5, 5.41) is 5.50. The van der Waals surface area contributed by atoms with Crippen molar-refractivity contribution in [2.24, 2.45) is 7.05 Å². The van der Waals surface area contributed by atoms with Crippen molar-refractivity contribution in [1.82, 2.24) is 14.7 Å². The standard InChI is InChI=1S/C15H19N3O2S/c1-9-10-8-13(21-15(10)17(2)16-9)14(19)18-6-7-20-12-5-3-4-11(12)18/h8,11-12H,3-7H2,1-2H3/t11-,12+/m1/s1. The Morgan fingerprint density at radius 1 is 1.48 bits per heavy atom. The Hall–Kier alpha value is -1.40. The number of aryl methyl sites for hydroxylation is 2. The number of amides is 1. The molecule has 4 rings (SSSR count). The fourth-order valence-corrected chi connectivity index (χ4v) is 4.71. The molecular weight excluding hydrogens is 286 g/mol. The van der Waals surface area contributed by atoms with Crippen LogP contribution in [-0.4, -0.2) is 45.9 Å². The third-order valence-electron chi connectivity index (χ3n) is 4.65. The van der Waals surface area contributed by atoms with E-state index in [2.05, 4.69) is 5.10 Å². The van der Waals surface area contributed by atoms with E-state index < -0.39 is 0 Å². The molecule has 2 aromatic rings. The van der Waals surface area contributed by atoms with Crippen molar-refractivity contribution in [1.29, 1.82) is 0 Å². The van der Waals surface area contributed by atoms with Crippen LogP contribution in [0.3, 0.4) is 0 Å². The summed E-state index contributed by atoms with van der Waals surface area (Å²) >= 11 is 1.55. The number of ether oxygens (including phenoxy) is 1. The molecule has 0 N–H and O–H groups in total. The first-order chi connectivity index (χ1) is 10.1. The van der Waals surface area contributed by atoms with Crippen LogP contribution in [0.4, 0.5) is 0 Å². The van der Waals surface area contributed by atoms with E-state index in [1.54, 1.807) is 11.3 Å². The maximum absolute atomic E-state index is 12.9. The molecule has 112 valence electrons. The van der Waals surface area contributed by atoms with E-state index in [9.17, 15) is 4.79 Å². The number of aromatic nitrogens is 2. The number of rotatable bonds is 1. The minimum atomic E-state index is 0.163. The van der Waals surface area contributed by atoms with E-state index in [-0.39, 0.29) is 18.1 Å². The first-order valence-electron chi connectivity index (χ1n) is 7.51. The smallest absolute Gasteiger partial charge is 0.264 e. The number of hydrogen-bond acceptors (Lipinski definition) is 4. The molecule has 0 bridgehead atoms. The Kier molecular flexibility index (Phi) is 3.04. The largest absolute Gasteiger partial charge is 0.374 e. The van der Waals surface area contributed by atoms with Crippen LogP contribution in [0.1, 0.15) is 34.6 Å². The van der Waals surface area contributed by atoms with Gasteiger partial charge in [0, 0.05) is 19.0 Å². The molecule has 6 heteroatoms. The molecule has 2 fully saturated rings. The Labute approximate surface area is 127 Å². The molecule has 2 atom stereocenters. The quantitative estimate of drug-likeness (QED) is 0.812. The monoisotopic (exact) mass is 305 g/mol. The summed E-state index contributed by atoms with van der Waals surface area (Å²) < 4.78 is 7.66. The summed E-state index contributed by atoms with van der Waals surface area (Å²) in [7, 11) is 1.93. The van der Waals surface area contributed by atoms with Crippen molar-refractivity contribution in [2.45, 2.75) is 38.3 Å². The zero-order valence-corrected chi connectivity index (χ0v) is 13.2. The Balaban J connectivity index is 1.67. The van der Waals surface area contributed by atoms with Gasteiger partial charge in [-0.1, -0.05) is 0 Å². The third kappa shape index (κ3) is 2.00. The normalized spacial score (nSPS) is 25.5. The zero-order valence-electron chi connectivity index (χ0n) is 12.3. The second kappa shape index (κ2) is 4.81. The summed E-state index contributed by atoms with van der Waals surface area (Å²) in [5.74, 6) is 0.163.